The Morgan fingerprint density at radius 3 is 2.85 bits per heavy atom. The predicted octanol–water partition coefficient (Wildman–Crippen LogP) is 3.62. The molecule has 0 spiro atoms. The molecular weight excluding hydrogens is 277 g/mol. The van der Waals surface area contributed by atoms with Gasteiger partial charge in [-0.25, -0.2) is 9.18 Å². The molecule has 0 radical (unpaired) electrons. The zero-order valence-electron chi connectivity index (χ0n) is 10.9. The first-order chi connectivity index (χ1) is 9.58. The molecule has 1 heterocycles. The smallest absolute Gasteiger partial charge is 0.328 e. The van der Waals surface area contributed by atoms with Crippen molar-refractivity contribution in [3.8, 4) is 0 Å². The van der Waals surface area contributed by atoms with Crippen LogP contribution in [0.3, 0.4) is 0 Å². The second-order valence-electron chi connectivity index (χ2n) is 4.28. The number of hydrogen-bond donors (Lipinski definition) is 1. The fourth-order valence-electron chi connectivity index (χ4n) is 1.95. The van der Waals surface area contributed by atoms with Crippen molar-refractivity contribution in [1.29, 1.82) is 0 Å². The SMILES string of the molecule is CN(Cc1cccs1)c1c(F)cccc1/C=C/C(=O)O. The van der Waals surface area contributed by atoms with E-state index in [0.29, 0.717) is 17.8 Å². The average Bonchev–Trinajstić information content (AvgIpc) is 2.88. The van der Waals surface area contributed by atoms with Crippen LogP contribution in [0.4, 0.5) is 10.1 Å². The monoisotopic (exact) mass is 291 g/mol. The van der Waals surface area contributed by atoms with Crippen molar-refractivity contribution < 1.29 is 14.3 Å². The van der Waals surface area contributed by atoms with Crippen molar-refractivity contribution in [2.24, 2.45) is 0 Å². The lowest BCUT2D eigenvalue weighted by Gasteiger charge is -2.21. The van der Waals surface area contributed by atoms with E-state index in [1.807, 2.05) is 17.5 Å². The normalized spacial score (nSPS) is 10.9. The summed E-state index contributed by atoms with van der Waals surface area (Å²) >= 11 is 1.60. The first-order valence-electron chi connectivity index (χ1n) is 6.01. The number of halogens is 1. The van der Waals surface area contributed by atoms with Crippen LogP contribution < -0.4 is 4.90 Å². The summed E-state index contributed by atoms with van der Waals surface area (Å²) in [6, 6.07) is 8.57. The summed E-state index contributed by atoms with van der Waals surface area (Å²) in [4.78, 5) is 13.5. The fraction of sp³-hybridized carbons (Fsp3) is 0.133. The Balaban J connectivity index is 2.31. The van der Waals surface area contributed by atoms with E-state index in [1.54, 1.807) is 35.4 Å². The third-order valence-electron chi connectivity index (χ3n) is 2.78. The number of para-hydroxylation sites is 1. The van der Waals surface area contributed by atoms with E-state index in [1.165, 1.54) is 12.1 Å². The maximum atomic E-state index is 14.0. The molecule has 0 aliphatic carbocycles. The van der Waals surface area contributed by atoms with Gasteiger partial charge in [0.15, 0.2) is 0 Å². The van der Waals surface area contributed by atoms with Gasteiger partial charge in [0.1, 0.15) is 5.82 Å². The fourth-order valence-corrected chi connectivity index (χ4v) is 2.70. The van der Waals surface area contributed by atoms with Gasteiger partial charge in [0.2, 0.25) is 0 Å². The molecule has 0 aliphatic rings. The largest absolute Gasteiger partial charge is 0.478 e. The minimum Gasteiger partial charge on any atom is -0.478 e. The molecule has 0 aliphatic heterocycles. The quantitative estimate of drug-likeness (QED) is 0.855. The molecule has 3 nitrogen and oxygen atoms in total. The number of carboxylic acids is 1. The van der Waals surface area contributed by atoms with Gasteiger partial charge in [-0.2, -0.15) is 0 Å². The number of carbonyl (C=O) groups is 1. The minimum atomic E-state index is -1.05. The highest BCUT2D eigenvalue weighted by Crippen LogP contribution is 2.26. The second-order valence-corrected chi connectivity index (χ2v) is 5.32. The summed E-state index contributed by atoms with van der Waals surface area (Å²) in [7, 11) is 1.79. The minimum absolute atomic E-state index is 0.364. The first-order valence-corrected chi connectivity index (χ1v) is 6.89. The number of rotatable bonds is 5. The van der Waals surface area contributed by atoms with E-state index in [9.17, 15) is 9.18 Å². The molecule has 104 valence electrons. The van der Waals surface area contributed by atoms with Gasteiger partial charge in [-0.1, -0.05) is 18.2 Å². The van der Waals surface area contributed by atoms with E-state index in [4.69, 9.17) is 5.11 Å². The summed E-state index contributed by atoms with van der Waals surface area (Å²) in [6.07, 6.45) is 2.42. The van der Waals surface area contributed by atoms with Crippen LogP contribution in [-0.2, 0) is 11.3 Å². The van der Waals surface area contributed by atoms with E-state index in [2.05, 4.69) is 0 Å². The summed E-state index contributed by atoms with van der Waals surface area (Å²) in [5.41, 5.74) is 0.949. The van der Waals surface area contributed by atoms with Gasteiger partial charge in [0, 0.05) is 23.6 Å². The van der Waals surface area contributed by atoms with Gasteiger partial charge >= 0.3 is 5.97 Å². The average molecular weight is 291 g/mol. The van der Waals surface area contributed by atoms with Crippen LogP contribution in [0.5, 0.6) is 0 Å². The van der Waals surface area contributed by atoms with E-state index >= 15 is 0 Å². The molecule has 2 aromatic rings. The van der Waals surface area contributed by atoms with Crippen molar-refractivity contribution >= 4 is 29.1 Å². The number of nitrogens with zero attached hydrogens (tertiary/aromatic N) is 1. The van der Waals surface area contributed by atoms with Crippen LogP contribution >= 0.6 is 11.3 Å². The Morgan fingerprint density at radius 2 is 2.20 bits per heavy atom. The number of aliphatic carboxylic acids is 1. The number of hydrogen-bond acceptors (Lipinski definition) is 3. The van der Waals surface area contributed by atoms with E-state index in [-0.39, 0.29) is 5.82 Å². The Morgan fingerprint density at radius 1 is 1.40 bits per heavy atom. The maximum absolute atomic E-state index is 14.0. The van der Waals surface area contributed by atoms with Crippen LogP contribution in [0.15, 0.2) is 41.8 Å². The van der Waals surface area contributed by atoms with Gasteiger partial charge in [-0.05, 0) is 23.6 Å². The second kappa shape index (κ2) is 6.34. The molecule has 0 atom stereocenters. The Labute approximate surface area is 120 Å². The van der Waals surface area contributed by atoms with Crippen molar-refractivity contribution in [2.45, 2.75) is 6.54 Å². The molecule has 1 aromatic carbocycles. The molecule has 0 unspecified atom stereocenters. The van der Waals surface area contributed by atoms with Crippen LogP contribution in [0.1, 0.15) is 10.4 Å². The zero-order chi connectivity index (χ0) is 14.5. The zero-order valence-corrected chi connectivity index (χ0v) is 11.7. The number of anilines is 1. The Bertz CT molecular complexity index is 623. The molecule has 0 fully saturated rings. The summed E-state index contributed by atoms with van der Waals surface area (Å²) in [5.74, 6) is -1.42. The van der Waals surface area contributed by atoms with Crippen LogP contribution in [0, 0.1) is 5.82 Å². The Kier molecular flexibility index (Phi) is 4.53. The highest BCUT2D eigenvalue weighted by atomic mass is 32.1. The van der Waals surface area contributed by atoms with Gasteiger partial charge in [-0.15, -0.1) is 11.3 Å². The lowest BCUT2D eigenvalue weighted by atomic mass is 10.1. The summed E-state index contributed by atoms with van der Waals surface area (Å²) < 4.78 is 14.0. The maximum Gasteiger partial charge on any atom is 0.328 e. The van der Waals surface area contributed by atoms with Crippen LogP contribution in [0.25, 0.3) is 6.08 Å². The van der Waals surface area contributed by atoms with E-state index < -0.39 is 5.97 Å². The van der Waals surface area contributed by atoms with Gasteiger partial charge < -0.3 is 10.0 Å². The third kappa shape index (κ3) is 3.45. The van der Waals surface area contributed by atoms with E-state index in [0.717, 1.165) is 11.0 Å². The summed E-state index contributed by atoms with van der Waals surface area (Å²) in [6.45, 7) is 0.576. The third-order valence-corrected chi connectivity index (χ3v) is 3.64. The summed E-state index contributed by atoms with van der Waals surface area (Å²) in [5, 5.41) is 10.7. The highest BCUT2D eigenvalue weighted by Gasteiger charge is 2.12. The number of benzene rings is 1. The topological polar surface area (TPSA) is 40.5 Å². The lowest BCUT2D eigenvalue weighted by Crippen LogP contribution is -2.18. The van der Waals surface area contributed by atoms with Gasteiger partial charge in [0.25, 0.3) is 0 Å². The number of thiophene rings is 1. The van der Waals surface area contributed by atoms with Crippen molar-refractivity contribution in [3.63, 3.8) is 0 Å². The van der Waals surface area contributed by atoms with Gasteiger partial charge in [-0.3, -0.25) is 0 Å². The standard InChI is InChI=1S/C15H14FNO2S/c1-17(10-12-5-3-9-20-12)15-11(7-8-14(18)19)4-2-6-13(15)16/h2-9H,10H2,1H3,(H,18,19)/b8-7+. The van der Waals surface area contributed by atoms with Crippen molar-refractivity contribution in [1.82, 2.24) is 0 Å². The predicted molar refractivity (Wildman–Crippen MR) is 79.5 cm³/mol. The molecule has 5 heteroatoms. The van der Waals surface area contributed by atoms with Crippen molar-refractivity contribution in [3.05, 3.63) is 58.0 Å². The lowest BCUT2D eigenvalue weighted by molar-refractivity contribution is -0.131. The molecule has 1 N–H and O–H groups in total. The molecular formula is C15H14FNO2S. The number of carboxylic acid groups (broad SMARTS) is 1. The van der Waals surface area contributed by atoms with Crippen molar-refractivity contribution in [2.75, 3.05) is 11.9 Å². The Hall–Kier alpha value is -2.14. The molecule has 0 saturated heterocycles. The highest BCUT2D eigenvalue weighted by molar-refractivity contribution is 7.09. The van der Waals surface area contributed by atoms with Crippen LogP contribution in [0.2, 0.25) is 0 Å². The molecule has 0 amide bonds. The molecule has 0 bridgehead atoms. The molecule has 1 aromatic heterocycles. The molecule has 20 heavy (non-hydrogen) atoms. The van der Waals surface area contributed by atoms with Crippen LogP contribution in [-0.4, -0.2) is 18.1 Å². The molecule has 2 rings (SSSR count). The molecule has 0 saturated carbocycles. The van der Waals surface area contributed by atoms with Gasteiger partial charge in [0.05, 0.1) is 12.2 Å². The first kappa shape index (κ1) is 14.3.